The molecule has 0 saturated carbocycles. The summed E-state index contributed by atoms with van der Waals surface area (Å²) in [7, 11) is -3.78. The molecule has 156 valence electrons. The number of carbonyl (C=O) groups is 2. The van der Waals surface area contributed by atoms with Gasteiger partial charge in [-0.05, 0) is 36.8 Å². The molecule has 4 N–H and O–H groups in total. The predicted octanol–water partition coefficient (Wildman–Crippen LogP) is 1.65. The first-order valence-electron chi connectivity index (χ1n) is 8.88. The van der Waals surface area contributed by atoms with Gasteiger partial charge in [0.2, 0.25) is 15.9 Å². The molecule has 0 aliphatic rings. The predicted molar refractivity (Wildman–Crippen MR) is 109 cm³/mol. The highest BCUT2D eigenvalue weighted by molar-refractivity contribution is 7.89. The molecule has 2 rings (SSSR count). The lowest BCUT2D eigenvalue weighted by atomic mass is 10.2. The van der Waals surface area contributed by atoms with Gasteiger partial charge in [-0.25, -0.2) is 13.1 Å². The molecule has 0 bridgehead atoms. The number of halogens is 1. The van der Waals surface area contributed by atoms with Gasteiger partial charge in [0, 0.05) is 31.6 Å². The molecule has 0 atom stereocenters. The third-order valence-corrected chi connectivity index (χ3v) is 5.80. The van der Waals surface area contributed by atoms with Crippen molar-refractivity contribution in [2.75, 3.05) is 19.6 Å². The van der Waals surface area contributed by atoms with E-state index in [2.05, 4.69) is 15.4 Å². The van der Waals surface area contributed by atoms with Crippen molar-refractivity contribution >= 4 is 33.4 Å². The van der Waals surface area contributed by atoms with Crippen LogP contribution in [0.3, 0.4) is 0 Å². The van der Waals surface area contributed by atoms with Gasteiger partial charge in [-0.2, -0.15) is 0 Å². The molecule has 0 spiro atoms. The van der Waals surface area contributed by atoms with E-state index >= 15 is 0 Å². The molecule has 0 radical (unpaired) electrons. The molecular weight excluding hydrogens is 418 g/mol. The van der Waals surface area contributed by atoms with Crippen LogP contribution in [-0.4, -0.2) is 45.0 Å². The van der Waals surface area contributed by atoms with Crippen molar-refractivity contribution in [2.45, 2.75) is 17.7 Å². The molecule has 0 aromatic heterocycles. The molecule has 8 nitrogen and oxygen atoms in total. The average Bonchev–Trinajstić information content (AvgIpc) is 2.67. The quantitative estimate of drug-likeness (QED) is 0.419. The van der Waals surface area contributed by atoms with E-state index < -0.39 is 10.0 Å². The van der Waals surface area contributed by atoms with E-state index in [0.29, 0.717) is 25.1 Å². The number of nitrogens with one attached hydrogen (secondary N) is 3. The van der Waals surface area contributed by atoms with Gasteiger partial charge in [0.05, 0.1) is 5.02 Å². The number of benzene rings is 2. The van der Waals surface area contributed by atoms with E-state index in [1.807, 2.05) is 0 Å². The minimum atomic E-state index is -3.78. The zero-order valence-corrected chi connectivity index (χ0v) is 17.1. The Labute approximate surface area is 174 Å². The molecule has 0 saturated heterocycles. The Balaban J connectivity index is 1.63. The average molecular weight is 440 g/mol. The SMILES string of the molecule is O=C(CCNS(=O)(=O)c1ccccc1Cl)NCCCNC(=O)c1cccc(O)c1. The van der Waals surface area contributed by atoms with Gasteiger partial charge < -0.3 is 15.7 Å². The van der Waals surface area contributed by atoms with Crippen LogP contribution in [0.2, 0.25) is 5.02 Å². The number of aromatic hydroxyl groups is 1. The van der Waals surface area contributed by atoms with Crippen molar-refractivity contribution < 1.29 is 23.1 Å². The summed E-state index contributed by atoms with van der Waals surface area (Å²) in [6.07, 6.45) is 0.473. The van der Waals surface area contributed by atoms with E-state index in [0.717, 1.165) is 0 Å². The first kappa shape index (κ1) is 22.7. The van der Waals surface area contributed by atoms with Crippen LogP contribution in [0.15, 0.2) is 53.4 Å². The minimum Gasteiger partial charge on any atom is -0.508 e. The number of rotatable bonds is 10. The van der Waals surface area contributed by atoms with Gasteiger partial charge in [-0.15, -0.1) is 0 Å². The van der Waals surface area contributed by atoms with Crippen LogP contribution in [0.5, 0.6) is 5.75 Å². The summed E-state index contributed by atoms with van der Waals surface area (Å²) < 4.78 is 26.6. The summed E-state index contributed by atoms with van der Waals surface area (Å²) in [5.74, 6) is -0.623. The fourth-order valence-corrected chi connectivity index (χ4v) is 3.94. The number of sulfonamides is 1. The van der Waals surface area contributed by atoms with Crippen molar-refractivity contribution in [3.63, 3.8) is 0 Å². The minimum absolute atomic E-state index is 0.00933. The maximum absolute atomic E-state index is 12.2. The smallest absolute Gasteiger partial charge is 0.251 e. The second-order valence-corrected chi connectivity index (χ2v) is 8.23. The largest absolute Gasteiger partial charge is 0.508 e. The van der Waals surface area contributed by atoms with Crippen LogP contribution in [0.25, 0.3) is 0 Å². The van der Waals surface area contributed by atoms with E-state index in [9.17, 15) is 23.1 Å². The maximum Gasteiger partial charge on any atom is 0.251 e. The third-order valence-electron chi connectivity index (χ3n) is 3.84. The Morgan fingerprint density at radius 2 is 1.69 bits per heavy atom. The zero-order valence-electron chi connectivity index (χ0n) is 15.5. The Morgan fingerprint density at radius 1 is 0.966 bits per heavy atom. The van der Waals surface area contributed by atoms with E-state index in [1.54, 1.807) is 24.3 Å². The molecule has 29 heavy (non-hydrogen) atoms. The van der Waals surface area contributed by atoms with Crippen molar-refractivity contribution in [1.82, 2.24) is 15.4 Å². The monoisotopic (exact) mass is 439 g/mol. The van der Waals surface area contributed by atoms with Gasteiger partial charge in [0.1, 0.15) is 10.6 Å². The third kappa shape index (κ3) is 7.37. The Kier molecular flexibility index (Phi) is 8.44. The summed E-state index contributed by atoms with van der Waals surface area (Å²) >= 11 is 5.88. The molecule has 0 unspecified atom stereocenters. The first-order chi connectivity index (χ1) is 13.8. The molecule has 2 aromatic carbocycles. The highest BCUT2D eigenvalue weighted by atomic mass is 35.5. The van der Waals surface area contributed by atoms with Gasteiger partial charge in [-0.1, -0.05) is 29.8 Å². The van der Waals surface area contributed by atoms with Crippen LogP contribution in [0, 0.1) is 0 Å². The summed E-state index contributed by atoms with van der Waals surface area (Å²) in [6, 6.07) is 12.0. The lowest BCUT2D eigenvalue weighted by Gasteiger charge is -2.09. The number of carbonyl (C=O) groups excluding carboxylic acids is 2. The zero-order chi connectivity index (χ0) is 21.3. The number of hydrogen-bond acceptors (Lipinski definition) is 5. The van der Waals surface area contributed by atoms with E-state index in [4.69, 9.17) is 11.6 Å². The van der Waals surface area contributed by atoms with Crippen molar-refractivity contribution in [3.05, 3.63) is 59.1 Å². The van der Waals surface area contributed by atoms with E-state index in [-0.39, 0.29) is 40.4 Å². The normalized spacial score (nSPS) is 11.1. The van der Waals surface area contributed by atoms with Crippen LogP contribution < -0.4 is 15.4 Å². The molecule has 0 aliphatic carbocycles. The second-order valence-electron chi connectivity index (χ2n) is 6.09. The maximum atomic E-state index is 12.2. The molecule has 2 amide bonds. The van der Waals surface area contributed by atoms with Gasteiger partial charge in [0.25, 0.3) is 5.91 Å². The van der Waals surface area contributed by atoms with Crippen LogP contribution in [0.1, 0.15) is 23.2 Å². The van der Waals surface area contributed by atoms with Crippen LogP contribution in [0.4, 0.5) is 0 Å². The lowest BCUT2D eigenvalue weighted by molar-refractivity contribution is -0.120. The number of hydrogen-bond donors (Lipinski definition) is 4. The summed E-state index contributed by atoms with van der Waals surface area (Å²) in [6.45, 7) is 0.609. The Bertz CT molecular complexity index is 966. The van der Waals surface area contributed by atoms with Crippen molar-refractivity contribution in [3.8, 4) is 5.75 Å². The summed E-state index contributed by atoms with van der Waals surface area (Å²) in [5.41, 5.74) is 0.347. The molecule has 2 aromatic rings. The fourth-order valence-electron chi connectivity index (χ4n) is 2.40. The highest BCUT2D eigenvalue weighted by Gasteiger charge is 2.17. The molecule has 0 heterocycles. The van der Waals surface area contributed by atoms with Crippen molar-refractivity contribution in [1.29, 1.82) is 0 Å². The summed E-state index contributed by atoms with van der Waals surface area (Å²) in [4.78, 5) is 23.6. The first-order valence-corrected chi connectivity index (χ1v) is 10.7. The molecule has 10 heteroatoms. The van der Waals surface area contributed by atoms with Gasteiger partial charge in [-0.3, -0.25) is 9.59 Å². The molecule has 0 fully saturated rings. The fraction of sp³-hybridized carbons (Fsp3) is 0.263. The summed E-state index contributed by atoms with van der Waals surface area (Å²) in [5, 5.41) is 14.8. The lowest BCUT2D eigenvalue weighted by Crippen LogP contribution is -2.33. The standard InChI is InChI=1S/C19H22ClN3O5S/c20-16-7-1-2-8-17(16)29(27,28)23-12-9-18(25)21-10-4-11-22-19(26)14-5-3-6-15(24)13-14/h1-3,5-8,13,23-24H,4,9-12H2,(H,21,25)(H,22,26). The van der Waals surface area contributed by atoms with Crippen LogP contribution in [-0.2, 0) is 14.8 Å². The second kappa shape index (κ2) is 10.8. The topological polar surface area (TPSA) is 125 Å². The molecular formula is C19H22ClN3O5S. The number of amides is 2. The van der Waals surface area contributed by atoms with Crippen molar-refractivity contribution in [2.24, 2.45) is 0 Å². The van der Waals surface area contributed by atoms with Crippen LogP contribution >= 0.6 is 11.6 Å². The van der Waals surface area contributed by atoms with Gasteiger partial charge in [0.15, 0.2) is 0 Å². The Hall–Kier alpha value is -2.62. The van der Waals surface area contributed by atoms with Gasteiger partial charge >= 0.3 is 0 Å². The highest BCUT2D eigenvalue weighted by Crippen LogP contribution is 2.19. The van der Waals surface area contributed by atoms with E-state index in [1.165, 1.54) is 24.3 Å². The molecule has 0 aliphatic heterocycles. The number of phenolic OH excluding ortho intramolecular Hbond substituents is 1. The number of phenols is 1. The Morgan fingerprint density at radius 3 is 2.41 bits per heavy atom.